The predicted octanol–water partition coefficient (Wildman–Crippen LogP) is 4.67. The number of rotatable bonds is 4. The third kappa shape index (κ3) is 3.43. The van der Waals surface area contributed by atoms with Gasteiger partial charge in [0.2, 0.25) is 5.16 Å². The Morgan fingerprint density at radius 2 is 1.65 bits per heavy atom. The van der Waals surface area contributed by atoms with Crippen molar-refractivity contribution in [1.82, 2.24) is 19.8 Å². The van der Waals surface area contributed by atoms with E-state index >= 15 is 0 Å². The molecule has 2 aromatic carbocycles. The van der Waals surface area contributed by atoms with Gasteiger partial charge in [0.25, 0.3) is 0 Å². The molecular formula is C19H14F2N4S. The molecule has 0 aliphatic carbocycles. The van der Waals surface area contributed by atoms with Crippen LogP contribution in [0.3, 0.4) is 0 Å². The van der Waals surface area contributed by atoms with Crippen molar-refractivity contribution in [2.75, 3.05) is 0 Å². The van der Waals surface area contributed by atoms with Crippen LogP contribution >= 0.6 is 11.8 Å². The third-order valence-electron chi connectivity index (χ3n) is 3.87. The Kier molecular flexibility index (Phi) is 4.38. The zero-order chi connectivity index (χ0) is 18.1. The Balaban J connectivity index is 1.63. The summed E-state index contributed by atoms with van der Waals surface area (Å²) >= 11 is 1.33. The summed E-state index contributed by atoms with van der Waals surface area (Å²) in [4.78, 5) is 0. The number of aromatic nitrogens is 4. The molecule has 0 aliphatic heterocycles. The van der Waals surface area contributed by atoms with Crippen molar-refractivity contribution in [2.24, 2.45) is 0 Å². The van der Waals surface area contributed by atoms with Gasteiger partial charge in [-0.3, -0.25) is 0 Å². The van der Waals surface area contributed by atoms with Crippen LogP contribution in [0.5, 0.6) is 0 Å². The summed E-state index contributed by atoms with van der Waals surface area (Å²) in [6.45, 7) is 2.03. The van der Waals surface area contributed by atoms with Crippen LogP contribution < -0.4 is 0 Å². The second kappa shape index (κ2) is 6.84. The molecule has 0 saturated carbocycles. The minimum absolute atomic E-state index is 0.367. The number of aryl methyl sites for hydroxylation is 1. The SMILES string of the molecule is Cc1ccc(-c2ccc3nnc(SCc4cc(F)cc(F)c4)n3n2)cc1. The highest BCUT2D eigenvalue weighted by Gasteiger charge is 2.10. The normalized spacial score (nSPS) is 11.2. The molecule has 0 radical (unpaired) electrons. The van der Waals surface area contributed by atoms with Crippen LogP contribution in [-0.2, 0) is 5.75 Å². The van der Waals surface area contributed by atoms with Crippen LogP contribution in [0.1, 0.15) is 11.1 Å². The monoisotopic (exact) mass is 368 g/mol. The Hall–Kier alpha value is -2.80. The molecule has 4 nitrogen and oxygen atoms in total. The van der Waals surface area contributed by atoms with Gasteiger partial charge in [0.1, 0.15) is 11.6 Å². The Labute approximate surface area is 152 Å². The van der Waals surface area contributed by atoms with Crippen molar-refractivity contribution in [3.63, 3.8) is 0 Å². The molecule has 130 valence electrons. The molecule has 0 amide bonds. The molecule has 4 aromatic rings. The van der Waals surface area contributed by atoms with Gasteiger partial charge in [0.05, 0.1) is 5.69 Å². The fraction of sp³-hybridized carbons (Fsp3) is 0.105. The van der Waals surface area contributed by atoms with Gasteiger partial charge in [-0.15, -0.1) is 10.2 Å². The number of hydrogen-bond acceptors (Lipinski definition) is 4. The molecule has 2 aromatic heterocycles. The summed E-state index contributed by atoms with van der Waals surface area (Å²) in [6.07, 6.45) is 0. The Morgan fingerprint density at radius 3 is 2.38 bits per heavy atom. The van der Waals surface area contributed by atoms with E-state index in [9.17, 15) is 8.78 Å². The lowest BCUT2D eigenvalue weighted by Crippen LogP contribution is -1.97. The summed E-state index contributed by atoms with van der Waals surface area (Å²) in [5, 5.41) is 13.4. The zero-order valence-corrected chi connectivity index (χ0v) is 14.7. The van der Waals surface area contributed by atoms with Gasteiger partial charge < -0.3 is 0 Å². The van der Waals surface area contributed by atoms with E-state index in [1.54, 1.807) is 4.52 Å². The lowest BCUT2D eigenvalue weighted by atomic mass is 10.1. The van der Waals surface area contributed by atoms with Gasteiger partial charge in [-0.05, 0) is 36.8 Å². The Morgan fingerprint density at radius 1 is 0.923 bits per heavy atom. The summed E-state index contributed by atoms with van der Waals surface area (Å²) in [7, 11) is 0. The number of hydrogen-bond donors (Lipinski definition) is 0. The van der Waals surface area contributed by atoms with E-state index in [1.165, 1.54) is 29.5 Å². The van der Waals surface area contributed by atoms with E-state index in [1.807, 2.05) is 43.3 Å². The van der Waals surface area contributed by atoms with Crippen LogP contribution in [-0.4, -0.2) is 19.8 Å². The van der Waals surface area contributed by atoms with Crippen LogP contribution in [0.15, 0.2) is 59.8 Å². The fourth-order valence-electron chi connectivity index (χ4n) is 2.58. The Bertz CT molecular complexity index is 1060. The molecule has 0 fully saturated rings. The maximum atomic E-state index is 13.3. The second-order valence-electron chi connectivity index (χ2n) is 5.90. The van der Waals surface area contributed by atoms with E-state index in [4.69, 9.17) is 0 Å². The largest absolute Gasteiger partial charge is 0.212 e. The summed E-state index contributed by atoms with van der Waals surface area (Å²) in [5.41, 5.74) is 4.13. The molecule has 0 spiro atoms. The van der Waals surface area contributed by atoms with Gasteiger partial charge in [0.15, 0.2) is 5.65 Å². The molecule has 0 saturated heterocycles. The van der Waals surface area contributed by atoms with E-state index in [0.717, 1.165) is 17.3 Å². The minimum Gasteiger partial charge on any atom is -0.207 e. The van der Waals surface area contributed by atoms with Crippen molar-refractivity contribution in [3.8, 4) is 11.3 Å². The van der Waals surface area contributed by atoms with Gasteiger partial charge in [-0.25, -0.2) is 8.78 Å². The van der Waals surface area contributed by atoms with E-state index in [-0.39, 0.29) is 0 Å². The van der Waals surface area contributed by atoms with Crippen LogP contribution in [0, 0.1) is 18.6 Å². The quantitative estimate of drug-likeness (QED) is 0.491. The summed E-state index contributed by atoms with van der Waals surface area (Å²) < 4.78 is 28.3. The maximum absolute atomic E-state index is 13.3. The summed E-state index contributed by atoms with van der Waals surface area (Å²) in [5.74, 6) is -0.815. The fourth-order valence-corrected chi connectivity index (χ4v) is 3.40. The molecule has 0 bridgehead atoms. The molecule has 4 rings (SSSR count). The van der Waals surface area contributed by atoms with Gasteiger partial charge in [-0.1, -0.05) is 41.6 Å². The summed E-state index contributed by atoms with van der Waals surface area (Å²) in [6, 6.07) is 15.3. The topological polar surface area (TPSA) is 43.1 Å². The maximum Gasteiger partial charge on any atom is 0.212 e. The third-order valence-corrected chi connectivity index (χ3v) is 4.86. The number of halogens is 2. The lowest BCUT2D eigenvalue weighted by Gasteiger charge is -2.04. The molecule has 0 aliphatic rings. The van der Waals surface area contributed by atoms with E-state index in [2.05, 4.69) is 15.3 Å². The molecule has 0 atom stereocenters. The highest BCUT2D eigenvalue weighted by molar-refractivity contribution is 7.98. The number of nitrogens with zero attached hydrogens (tertiary/aromatic N) is 4. The van der Waals surface area contributed by atoms with E-state index in [0.29, 0.717) is 22.1 Å². The standard InChI is InChI=1S/C19H14F2N4S/c1-12-2-4-14(5-3-12)17-6-7-18-22-23-19(25(18)24-17)26-11-13-8-15(20)10-16(21)9-13/h2-10H,11H2,1H3. The van der Waals surface area contributed by atoms with Gasteiger partial charge >= 0.3 is 0 Å². The number of fused-ring (bicyclic) bond motifs is 1. The first-order valence-corrected chi connectivity index (χ1v) is 8.94. The van der Waals surface area contributed by atoms with Gasteiger partial charge in [0, 0.05) is 17.4 Å². The molecule has 26 heavy (non-hydrogen) atoms. The molecule has 0 N–H and O–H groups in total. The average Bonchev–Trinajstić information content (AvgIpc) is 3.02. The first kappa shape index (κ1) is 16.7. The van der Waals surface area contributed by atoms with Crippen molar-refractivity contribution < 1.29 is 8.78 Å². The van der Waals surface area contributed by atoms with Gasteiger partial charge in [-0.2, -0.15) is 9.61 Å². The predicted molar refractivity (Wildman–Crippen MR) is 96.9 cm³/mol. The smallest absolute Gasteiger partial charge is 0.207 e. The number of benzene rings is 2. The molecule has 2 heterocycles. The zero-order valence-electron chi connectivity index (χ0n) is 13.9. The highest BCUT2D eigenvalue weighted by Crippen LogP contribution is 2.24. The lowest BCUT2D eigenvalue weighted by molar-refractivity contribution is 0.581. The average molecular weight is 368 g/mol. The first-order valence-electron chi connectivity index (χ1n) is 7.96. The van der Waals surface area contributed by atoms with Crippen molar-refractivity contribution in [2.45, 2.75) is 17.8 Å². The van der Waals surface area contributed by atoms with E-state index < -0.39 is 11.6 Å². The first-order chi connectivity index (χ1) is 12.6. The number of thioether (sulfide) groups is 1. The molecular weight excluding hydrogens is 354 g/mol. The molecule has 0 unspecified atom stereocenters. The minimum atomic E-state index is -0.591. The van der Waals surface area contributed by atoms with Crippen molar-refractivity contribution in [1.29, 1.82) is 0 Å². The van der Waals surface area contributed by atoms with Crippen LogP contribution in [0.4, 0.5) is 8.78 Å². The van der Waals surface area contributed by atoms with Crippen LogP contribution in [0.2, 0.25) is 0 Å². The highest BCUT2D eigenvalue weighted by atomic mass is 32.2. The van der Waals surface area contributed by atoms with Crippen molar-refractivity contribution >= 4 is 17.4 Å². The second-order valence-corrected chi connectivity index (χ2v) is 6.85. The van der Waals surface area contributed by atoms with Crippen LogP contribution in [0.25, 0.3) is 16.9 Å². The van der Waals surface area contributed by atoms with Crippen molar-refractivity contribution in [3.05, 3.63) is 77.4 Å². The molecule has 7 heteroatoms.